The molecule has 0 saturated carbocycles. The lowest BCUT2D eigenvalue weighted by molar-refractivity contribution is -0.147. The second-order valence-electron chi connectivity index (χ2n) is 3.85. The highest BCUT2D eigenvalue weighted by Crippen LogP contribution is 2.29. The lowest BCUT2D eigenvalue weighted by Crippen LogP contribution is -2.16. The van der Waals surface area contributed by atoms with Crippen LogP contribution in [0.2, 0.25) is 0 Å². The number of carbonyl (C=O) groups is 2. The number of hydrogen-bond acceptors (Lipinski definition) is 4. The molecule has 1 aromatic carbocycles. The van der Waals surface area contributed by atoms with Crippen LogP contribution in [0, 0.1) is 0 Å². The van der Waals surface area contributed by atoms with E-state index in [2.05, 4.69) is 4.74 Å². The van der Waals surface area contributed by atoms with Crippen LogP contribution in [0.1, 0.15) is 28.9 Å². The van der Waals surface area contributed by atoms with Gasteiger partial charge in [-0.25, -0.2) is 4.79 Å². The lowest BCUT2D eigenvalue weighted by atomic mass is 10.0. The highest BCUT2D eigenvalue weighted by Gasteiger charge is 2.24. The number of aliphatic hydroxyl groups excluding tert-OH is 1. The van der Waals surface area contributed by atoms with Gasteiger partial charge in [0.2, 0.25) is 0 Å². The molecule has 1 rings (SSSR count). The molecule has 2 N–H and O–H groups in total. The summed E-state index contributed by atoms with van der Waals surface area (Å²) in [6, 6.07) is 3.14. The van der Waals surface area contributed by atoms with E-state index in [4.69, 9.17) is 16.7 Å². The first-order chi connectivity index (χ1) is 9.23. The molecule has 110 valence electrons. The van der Waals surface area contributed by atoms with Crippen LogP contribution in [0.15, 0.2) is 18.2 Å². The number of alkyl halides is 3. The smallest absolute Gasteiger partial charge is 0.387 e. The number of ether oxygens (including phenoxy) is 1. The van der Waals surface area contributed by atoms with Crippen molar-refractivity contribution in [3.05, 3.63) is 29.3 Å². The molecule has 20 heavy (non-hydrogen) atoms. The van der Waals surface area contributed by atoms with Gasteiger partial charge in [-0.1, -0.05) is 12.1 Å². The van der Waals surface area contributed by atoms with Crippen LogP contribution >= 0.6 is 11.6 Å². The Morgan fingerprint density at radius 1 is 1.35 bits per heavy atom. The maximum absolute atomic E-state index is 12.3. The predicted octanol–water partition coefficient (Wildman–Crippen LogP) is 2.22. The van der Waals surface area contributed by atoms with Crippen molar-refractivity contribution in [1.29, 1.82) is 0 Å². The van der Waals surface area contributed by atoms with E-state index >= 15 is 0 Å². The van der Waals surface area contributed by atoms with E-state index in [9.17, 15) is 23.5 Å². The van der Waals surface area contributed by atoms with E-state index in [1.807, 2.05) is 0 Å². The molecule has 0 spiro atoms. The van der Waals surface area contributed by atoms with E-state index in [0.717, 1.165) is 12.1 Å². The van der Waals surface area contributed by atoms with Crippen LogP contribution in [-0.4, -0.2) is 34.0 Å². The molecule has 0 aliphatic rings. The molecular weight excluding hydrogens is 298 g/mol. The Kier molecular flexibility index (Phi) is 5.41. The molecule has 0 radical (unpaired) electrons. The number of halogens is 3. The number of carbonyl (C=O) groups excluding carboxylic acids is 1. The first kappa shape index (κ1) is 16.3. The Morgan fingerprint density at radius 3 is 2.40 bits per heavy atom. The summed E-state index contributed by atoms with van der Waals surface area (Å²) in [5.41, 5.74) is -0.402. The maximum atomic E-state index is 12.3. The summed E-state index contributed by atoms with van der Waals surface area (Å²) in [6.07, 6.45) is -2.04. The van der Waals surface area contributed by atoms with Crippen molar-refractivity contribution < 1.29 is 33.3 Å². The molecule has 2 unspecified atom stereocenters. The maximum Gasteiger partial charge on any atom is 0.387 e. The van der Waals surface area contributed by atoms with Crippen molar-refractivity contribution in [1.82, 2.24) is 0 Å². The molecule has 0 aliphatic heterocycles. The van der Waals surface area contributed by atoms with Gasteiger partial charge >= 0.3 is 12.6 Å². The number of aliphatic carboxylic acids is 1. The number of aliphatic hydroxyl groups is 1. The van der Waals surface area contributed by atoms with Gasteiger partial charge in [-0.05, 0) is 13.0 Å². The molecule has 0 bridgehead atoms. The zero-order chi connectivity index (χ0) is 15.4. The van der Waals surface area contributed by atoms with Gasteiger partial charge in [-0.15, -0.1) is 11.6 Å². The fourth-order valence-electron chi connectivity index (χ4n) is 1.47. The molecule has 0 aromatic heterocycles. The average molecular weight is 309 g/mol. The van der Waals surface area contributed by atoms with Crippen molar-refractivity contribution >= 4 is 23.4 Å². The van der Waals surface area contributed by atoms with Crippen molar-refractivity contribution in [2.75, 3.05) is 0 Å². The van der Waals surface area contributed by atoms with Crippen LogP contribution in [0.25, 0.3) is 0 Å². The SMILES string of the molecule is CC(Cl)C(=O)c1ccc(C(O)C(=O)O)c(OC(F)F)c1. The third kappa shape index (κ3) is 3.88. The summed E-state index contributed by atoms with van der Waals surface area (Å²) in [7, 11) is 0. The van der Waals surface area contributed by atoms with Gasteiger partial charge in [0.05, 0.1) is 5.38 Å². The minimum absolute atomic E-state index is 0.0236. The van der Waals surface area contributed by atoms with E-state index < -0.39 is 35.6 Å². The molecule has 0 aliphatic carbocycles. The highest BCUT2D eigenvalue weighted by molar-refractivity contribution is 6.33. The molecule has 0 heterocycles. The van der Waals surface area contributed by atoms with Gasteiger partial charge in [0.1, 0.15) is 5.75 Å². The minimum Gasteiger partial charge on any atom is -0.479 e. The minimum atomic E-state index is -3.23. The zero-order valence-corrected chi connectivity index (χ0v) is 11.0. The van der Waals surface area contributed by atoms with Crippen LogP contribution < -0.4 is 4.74 Å². The number of rotatable bonds is 6. The summed E-state index contributed by atoms with van der Waals surface area (Å²) in [5, 5.41) is 17.2. The standard InChI is InChI=1S/C12H11ClF2O5/c1-5(13)9(16)6-2-3-7(10(17)11(18)19)8(4-6)20-12(14)15/h2-5,10,12,17H,1H3,(H,18,19). The van der Waals surface area contributed by atoms with Gasteiger partial charge in [-0.2, -0.15) is 8.78 Å². The Labute approximate surface area is 117 Å². The molecule has 1 aromatic rings. The number of carboxylic acids is 1. The summed E-state index contributed by atoms with van der Waals surface area (Å²) in [6.45, 7) is -1.83. The summed E-state index contributed by atoms with van der Waals surface area (Å²) < 4.78 is 28.7. The number of hydrogen-bond donors (Lipinski definition) is 2. The molecule has 0 fully saturated rings. The number of Topliss-reactive ketones (excluding diaryl/α,β-unsaturated/α-hetero) is 1. The monoisotopic (exact) mass is 308 g/mol. The van der Waals surface area contributed by atoms with Crippen molar-refractivity contribution in [2.45, 2.75) is 25.0 Å². The third-order valence-electron chi connectivity index (χ3n) is 2.40. The first-order valence-corrected chi connectivity index (χ1v) is 5.85. The summed E-state index contributed by atoms with van der Waals surface area (Å²) >= 11 is 5.59. The molecule has 0 saturated heterocycles. The van der Waals surface area contributed by atoms with Crippen molar-refractivity contribution in [2.24, 2.45) is 0 Å². The largest absolute Gasteiger partial charge is 0.479 e. The predicted molar refractivity (Wildman–Crippen MR) is 65.3 cm³/mol. The Hall–Kier alpha value is -1.73. The van der Waals surface area contributed by atoms with Gasteiger partial charge in [0, 0.05) is 11.1 Å². The molecular formula is C12H11ClF2O5. The zero-order valence-electron chi connectivity index (χ0n) is 10.2. The average Bonchev–Trinajstić information content (AvgIpc) is 2.36. The molecule has 2 atom stereocenters. The van der Waals surface area contributed by atoms with Gasteiger partial charge < -0.3 is 14.9 Å². The van der Waals surface area contributed by atoms with E-state index in [0.29, 0.717) is 0 Å². The van der Waals surface area contributed by atoms with Gasteiger partial charge in [0.25, 0.3) is 0 Å². The number of carboxylic acid groups (broad SMARTS) is 1. The lowest BCUT2D eigenvalue weighted by Gasteiger charge is -2.14. The first-order valence-electron chi connectivity index (χ1n) is 5.42. The van der Waals surface area contributed by atoms with Crippen molar-refractivity contribution in [3.8, 4) is 5.75 Å². The van der Waals surface area contributed by atoms with Gasteiger partial charge in [-0.3, -0.25) is 4.79 Å². The fraction of sp³-hybridized carbons (Fsp3) is 0.333. The van der Waals surface area contributed by atoms with E-state index in [-0.39, 0.29) is 11.1 Å². The van der Waals surface area contributed by atoms with Crippen LogP contribution in [0.4, 0.5) is 8.78 Å². The molecule has 8 heteroatoms. The second kappa shape index (κ2) is 6.62. The quantitative estimate of drug-likeness (QED) is 0.622. The number of benzene rings is 1. The Morgan fingerprint density at radius 2 is 1.95 bits per heavy atom. The Bertz CT molecular complexity index is 519. The summed E-state index contributed by atoms with van der Waals surface area (Å²) in [5.74, 6) is -2.76. The van der Waals surface area contributed by atoms with Crippen molar-refractivity contribution in [3.63, 3.8) is 0 Å². The van der Waals surface area contributed by atoms with Crippen LogP contribution in [0.3, 0.4) is 0 Å². The highest BCUT2D eigenvalue weighted by atomic mass is 35.5. The topological polar surface area (TPSA) is 83.8 Å². The van der Waals surface area contributed by atoms with E-state index in [1.54, 1.807) is 0 Å². The second-order valence-corrected chi connectivity index (χ2v) is 4.51. The number of ketones is 1. The normalized spacial score (nSPS) is 13.9. The molecule has 5 nitrogen and oxygen atoms in total. The fourth-order valence-corrected chi connectivity index (χ4v) is 1.60. The Balaban J connectivity index is 3.26. The van der Waals surface area contributed by atoms with E-state index in [1.165, 1.54) is 13.0 Å². The summed E-state index contributed by atoms with van der Waals surface area (Å²) in [4.78, 5) is 22.3. The molecule has 0 amide bonds. The van der Waals surface area contributed by atoms with Crippen LogP contribution in [-0.2, 0) is 4.79 Å². The van der Waals surface area contributed by atoms with Crippen LogP contribution in [0.5, 0.6) is 5.75 Å². The third-order valence-corrected chi connectivity index (χ3v) is 2.60. The van der Waals surface area contributed by atoms with Gasteiger partial charge in [0.15, 0.2) is 11.9 Å².